The SMILES string of the molecule is CCCCCCCCCCCC(=O)Oc1cc2c(cc1OC(=O)CCCCCCCCCCC)C1C(=O)N(Cc3ccc(OC)cc3)C2C(=O)N1Cc1ccc(OC)cc1. The molecular formula is C50H68N2O8. The van der Waals surface area contributed by atoms with Crippen molar-refractivity contribution in [2.75, 3.05) is 14.2 Å². The van der Waals surface area contributed by atoms with Crippen molar-refractivity contribution in [3.05, 3.63) is 82.9 Å². The van der Waals surface area contributed by atoms with Gasteiger partial charge in [0.1, 0.15) is 23.6 Å². The highest BCUT2D eigenvalue weighted by molar-refractivity contribution is 6.02. The molecule has 3 aliphatic rings. The van der Waals surface area contributed by atoms with Crippen LogP contribution in [0.5, 0.6) is 23.0 Å². The Morgan fingerprint density at radius 3 is 1.12 bits per heavy atom. The van der Waals surface area contributed by atoms with E-state index in [1.165, 1.54) is 64.2 Å². The molecule has 326 valence electrons. The fourth-order valence-electron chi connectivity index (χ4n) is 8.36. The van der Waals surface area contributed by atoms with Crippen LogP contribution in [0.3, 0.4) is 0 Å². The standard InChI is InChI=1S/C50H68N2O8/c1-5-7-9-11-13-15-17-19-21-23-45(53)59-43-33-41-42(34-44(43)60-46(54)24-22-20-18-16-14-12-10-8-6-2)48-50(56)51(35-37-25-29-39(57-3)30-26-37)47(41)49(55)52(48)36-38-27-31-40(58-4)32-28-38/h25-34,47-48H,5-24,35-36H2,1-4H3. The molecule has 60 heavy (non-hydrogen) atoms. The van der Waals surface area contributed by atoms with Gasteiger partial charge in [-0.25, -0.2) is 0 Å². The third kappa shape index (κ3) is 13.1. The Bertz CT molecular complexity index is 1690. The van der Waals surface area contributed by atoms with Gasteiger partial charge in [-0.3, -0.25) is 19.2 Å². The molecule has 3 aromatic rings. The van der Waals surface area contributed by atoms with Gasteiger partial charge in [-0.1, -0.05) is 141 Å². The van der Waals surface area contributed by atoms with Gasteiger partial charge in [-0.2, -0.15) is 0 Å². The minimum absolute atomic E-state index is 0.0917. The number of nitrogens with zero attached hydrogens (tertiary/aromatic N) is 2. The second-order valence-electron chi connectivity index (χ2n) is 16.5. The number of carbonyl (C=O) groups is 4. The fourth-order valence-corrected chi connectivity index (χ4v) is 8.36. The number of benzene rings is 3. The van der Waals surface area contributed by atoms with Gasteiger partial charge in [0, 0.05) is 25.9 Å². The maximum atomic E-state index is 14.6. The summed E-state index contributed by atoms with van der Waals surface area (Å²) >= 11 is 0. The number of esters is 2. The molecule has 2 atom stereocenters. The van der Waals surface area contributed by atoms with Gasteiger partial charge in [0.15, 0.2) is 11.5 Å². The number of fused-ring (bicyclic) bond motifs is 2. The first-order chi connectivity index (χ1) is 29.3. The Morgan fingerprint density at radius 2 is 0.800 bits per heavy atom. The summed E-state index contributed by atoms with van der Waals surface area (Å²) in [6, 6.07) is 16.2. The highest BCUT2D eigenvalue weighted by Crippen LogP contribution is 2.50. The van der Waals surface area contributed by atoms with E-state index in [4.69, 9.17) is 18.9 Å². The van der Waals surface area contributed by atoms with Gasteiger partial charge in [0.05, 0.1) is 14.2 Å². The van der Waals surface area contributed by atoms with Gasteiger partial charge in [0.2, 0.25) is 0 Å². The summed E-state index contributed by atoms with van der Waals surface area (Å²) in [6.45, 7) is 4.82. The van der Waals surface area contributed by atoms with E-state index in [1.54, 1.807) is 36.2 Å². The topological polar surface area (TPSA) is 112 Å². The number of ether oxygens (including phenoxy) is 4. The van der Waals surface area contributed by atoms with E-state index >= 15 is 0 Å². The third-order valence-electron chi connectivity index (χ3n) is 11.8. The van der Waals surface area contributed by atoms with Crippen LogP contribution in [-0.4, -0.2) is 47.8 Å². The molecule has 6 rings (SSSR count). The van der Waals surface area contributed by atoms with Crippen molar-refractivity contribution in [2.24, 2.45) is 0 Å². The molecule has 1 fully saturated rings. The lowest BCUT2D eigenvalue weighted by atomic mass is 9.81. The van der Waals surface area contributed by atoms with Crippen LogP contribution < -0.4 is 18.9 Å². The molecule has 2 amide bonds. The zero-order valence-corrected chi connectivity index (χ0v) is 36.6. The number of methoxy groups -OCH3 is 2. The van der Waals surface area contributed by atoms with Gasteiger partial charge in [0.25, 0.3) is 11.8 Å². The molecule has 3 heterocycles. The molecule has 0 radical (unpaired) electrons. The van der Waals surface area contributed by atoms with E-state index in [-0.39, 0.29) is 49.2 Å². The lowest BCUT2D eigenvalue weighted by Gasteiger charge is -2.50. The Balaban J connectivity index is 1.38. The Labute approximate surface area is 358 Å². The predicted molar refractivity (Wildman–Crippen MR) is 234 cm³/mol. The second kappa shape index (κ2) is 24.4. The normalized spacial score (nSPS) is 15.6. The molecule has 2 bridgehead atoms. The van der Waals surface area contributed by atoms with Crippen molar-refractivity contribution in [2.45, 2.75) is 167 Å². The Kier molecular flexibility index (Phi) is 18.8. The van der Waals surface area contributed by atoms with E-state index in [0.29, 0.717) is 35.5 Å². The third-order valence-corrected chi connectivity index (χ3v) is 11.8. The summed E-state index contributed by atoms with van der Waals surface area (Å²) in [5.74, 6) is 0.236. The molecule has 3 aliphatic heterocycles. The van der Waals surface area contributed by atoms with Crippen LogP contribution in [0.1, 0.15) is 177 Å². The number of hydrogen-bond donors (Lipinski definition) is 0. The van der Waals surface area contributed by atoms with Crippen LogP contribution in [0.2, 0.25) is 0 Å². The van der Waals surface area contributed by atoms with Crippen LogP contribution in [-0.2, 0) is 32.3 Å². The number of piperazine rings is 1. The highest BCUT2D eigenvalue weighted by Gasteiger charge is 2.54. The van der Waals surface area contributed by atoms with Gasteiger partial charge < -0.3 is 28.7 Å². The highest BCUT2D eigenvalue weighted by atomic mass is 16.6. The van der Waals surface area contributed by atoms with E-state index in [2.05, 4.69) is 13.8 Å². The summed E-state index contributed by atoms with van der Waals surface area (Å²) < 4.78 is 22.7. The van der Waals surface area contributed by atoms with E-state index in [0.717, 1.165) is 49.7 Å². The molecule has 3 aromatic carbocycles. The summed E-state index contributed by atoms with van der Waals surface area (Å²) in [4.78, 5) is 59.1. The van der Waals surface area contributed by atoms with Crippen molar-refractivity contribution in [1.82, 2.24) is 9.80 Å². The molecule has 0 N–H and O–H groups in total. The molecule has 0 spiro atoms. The van der Waals surface area contributed by atoms with E-state index in [9.17, 15) is 19.2 Å². The fraction of sp³-hybridized carbons (Fsp3) is 0.560. The lowest BCUT2D eigenvalue weighted by Crippen LogP contribution is -2.60. The molecule has 0 saturated carbocycles. The minimum Gasteiger partial charge on any atom is -0.497 e. The van der Waals surface area contributed by atoms with Crippen LogP contribution in [0.25, 0.3) is 0 Å². The monoisotopic (exact) mass is 824 g/mol. The number of amides is 2. The first-order valence-electron chi connectivity index (χ1n) is 22.7. The van der Waals surface area contributed by atoms with Crippen LogP contribution in [0, 0.1) is 0 Å². The maximum Gasteiger partial charge on any atom is 0.311 e. The van der Waals surface area contributed by atoms with Gasteiger partial charge >= 0.3 is 11.9 Å². The second-order valence-corrected chi connectivity index (χ2v) is 16.5. The van der Waals surface area contributed by atoms with Crippen molar-refractivity contribution in [3.63, 3.8) is 0 Å². The number of unbranched alkanes of at least 4 members (excludes halogenated alkanes) is 16. The minimum atomic E-state index is -0.987. The summed E-state index contributed by atoms with van der Waals surface area (Å²) in [7, 11) is 3.19. The largest absolute Gasteiger partial charge is 0.497 e. The smallest absolute Gasteiger partial charge is 0.311 e. The summed E-state index contributed by atoms with van der Waals surface area (Å²) in [5.41, 5.74) is 2.80. The maximum absolute atomic E-state index is 14.6. The zero-order valence-electron chi connectivity index (χ0n) is 36.6. The van der Waals surface area contributed by atoms with Crippen LogP contribution in [0.4, 0.5) is 0 Å². The molecule has 0 aromatic heterocycles. The quantitative estimate of drug-likeness (QED) is 0.0404. The van der Waals surface area contributed by atoms with Gasteiger partial charge in [-0.15, -0.1) is 0 Å². The molecule has 10 heteroatoms. The van der Waals surface area contributed by atoms with Crippen molar-refractivity contribution >= 4 is 23.8 Å². The molecule has 0 aliphatic carbocycles. The van der Waals surface area contributed by atoms with Crippen molar-refractivity contribution in [3.8, 4) is 23.0 Å². The van der Waals surface area contributed by atoms with Crippen molar-refractivity contribution in [1.29, 1.82) is 0 Å². The number of carbonyl (C=O) groups excluding carboxylic acids is 4. The lowest BCUT2D eigenvalue weighted by molar-refractivity contribution is -0.167. The molecular weight excluding hydrogens is 757 g/mol. The van der Waals surface area contributed by atoms with E-state index < -0.39 is 24.0 Å². The molecule has 2 unspecified atom stereocenters. The van der Waals surface area contributed by atoms with E-state index in [1.807, 2.05) is 48.5 Å². The Morgan fingerprint density at radius 1 is 0.483 bits per heavy atom. The first-order valence-corrected chi connectivity index (χ1v) is 22.7. The average molecular weight is 825 g/mol. The van der Waals surface area contributed by atoms with Crippen LogP contribution >= 0.6 is 0 Å². The van der Waals surface area contributed by atoms with Crippen LogP contribution in [0.15, 0.2) is 60.7 Å². The molecule has 1 saturated heterocycles. The predicted octanol–water partition coefficient (Wildman–Crippen LogP) is 11.5. The number of rotatable bonds is 28. The first kappa shape index (κ1) is 46.2. The van der Waals surface area contributed by atoms with Crippen molar-refractivity contribution < 1.29 is 38.1 Å². The zero-order chi connectivity index (χ0) is 42.7. The number of hydrogen-bond acceptors (Lipinski definition) is 8. The summed E-state index contributed by atoms with van der Waals surface area (Å²) in [5, 5.41) is 0. The van der Waals surface area contributed by atoms with Gasteiger partial charge in [-0.05, 0) is 71.5 Å². The summed E-state index contributed by atoms with van der Waals surface area (Å²) in [6.07, 6.45) is 20.6. The average Bonchev–Trinajstić information content (AvgIpc) is 3.25. The molecule has 10 nitrogen and oxygen atoms in total. The Hall–Kier alpha value is -4.86.